The highest BCUT2D eigenvalue weighted by molar-refractivity contribution is 7.80. The van der Waals surface area contributed by atoms with E-state index < -0.39 is 0 Å². The summed E-state index contributed by atoms with van der Waals surface area (Å²) in [5.74, 6) is 0.789. The van der Waals surface area contributed by atoms with Gasteiger partial charge in [-0.15, -0.1) is 0 Å². The minimum Gasteiger partial charge on any atom is -0.389 e. The molecule has 3 nitrogen and oxygen atoms in total. The van der Waals surface area contributed by atoms with Crippen LogP contribution in [0.4, 0.5) is 5.82 Å². The van der Waals surface area contributed by atoms with E-state index in [1.54, 1.807) is 0 Å². The molecule has 82 valence electrons. The van der Waals surface area contributed by atoms with Crippen LogP contribution in [0.2, 0.25) is 0 Å². The summed E-state index contributed by atoms with van der Waals surface area (Å²) >= 11 is 4.98. The molecule has 1 rings (SSSR count). The zero-order valence-electron chi connectivity index (χ0n) is 9.37. The van der Waals surface area contributed by atoms with E-state index in [4.69, 9.17) is 18.0 Å². The number of rotatable bonds is 4. The van der Waals surface area contributed by atoms with E-state index in [1.165, 1.54) is 0 Å². The lowest BCUT2D eigenvalue weighted by molar-refractivity contribution is 0.758. The lowest BCUT2D eigenvalue weighted by Crippen LogP contribution is -2.20. The van der Waals surface area contributed by atoms with E-state index in [0.29, 0.717) is 11.0 Å². The summed E-state index contributed by atoms with van der Waals surface area (Å²) in [7, 11) is 0. The summed E-state index contributed by atoms with van der Waals surface area (Å²) in [4.78, 5) is 4.79. The quantitative estimate of drug-likeness (QED) is 0.769. The van der Waals surface area contributed by atoms with Crippen LogP contribution in [0.1, 0.15) is 31.5 Å². The Balaban J connectivity index is 3.02. The lowest BCUT2D eigenvalue weighted by Gasteiger charge is -2.15. The largest absolute Gasteiger partial charge is 0.389 e. The summed E-state index contributed by atoms with van der Waals surface area (Å²) in [6, 6.07) is 4.19. The zero-order chi connectivity index (χ0) is 11.4. The third kappa shape index (κ3) is 3.16. The molecule has 1 aromatic rings. The van der Waals surface area contributed by atoms with E-state index in [-0.39, 0.29) is 0 Å². The first kappa shape index (κ1) is 11.9. The molecule has 0 bridgehead atoms. The fraction of sp³-hybridized carbons (Fsp3) is 0.455. The Morgan fingerprint density at radius 3 is 2.80 bits per heavy atom. The molecule has 0 spiro atoms. The number of anilines is 1. The number of nitrogens with two attached hydrogens (primary N) is 1. The van der Waals surface area contributed by atoms with Crippen LogP contribution in [0.5, 0.6) is 0 Å². The number of thiocarbonyl (C=S) groups is 1. The number of hydrogen-bond donors (Lipinski definition) is 2. The SMILES string of the molecule is CCC(C)Nc1nc(C)ccc1C(N)=S. The van der Waals surface area contributed by atoms with Gasteiger partial charge in [-0.3, -0.25) is 0 Å². The molecular formula is C11H17N3S. The first-order valence-electron chi connectivity index (χ1n) is 5.08. The number of nitrogens with zero attached hydrogens (tertiary/aromatic N) is 1. The van der Waals surface area contributed by atoms with Crippen LogP contribution in [-0.2, 0) is 0 Å². The van der Waals surface area contributed by atoms with Crippen molar-refractivity contribution in [2.45, 2.75) is 33.2 Å². The maximum Gasteiger partial charge on any atom is 0.136 e. The maximum atomic E-state index is 5.63. The van der Waals surface area contributed by atoms with Gasteiger partial charge >= 0.3 is 0 Å². The van der Waals surface area contributed by atoms with Crippen LogP contribution in [-0.4, -0.2) is 16.0 Å². The first-order chi connectivity index (χ1) is 7.04. The molecule has 0 aliphatic heterocycles. The molecule has 1 aromatic heterocycles. The van der Waals surface area contributed by atoms with Crippen molar-refractivity contribution >= 4 is 23.0 Å². The van der Waals surface area contributed by atoms with Crippen molar-refractivity contribution in [2.75, 3.05) is 5.32 Å². The molecule has 4 heteroatoms. The van der Waals surface area contributed by atoms with Gasteiger partial charge in [-0.1, -0.05) is 19.1 Å². The molecule has 1 unspecified atom stereocenters. The molecule has 0 fully saturated rings. The lowest BCUT2D eigenvalue weighted by atomic mass is 10.2. The van der Waals surface area contributed by atoms with Gasteiger partial charge in [0.25, 0.3) is 0 Å². The van der Waals surface area contributed by atoms with Crippen LogP contribution in [0.3, 0.4) is 0 Å². The predicted octanol–water partition coefficient (Wildman–Crippen LogP) is 2.23. The Morgan fingerprint density at radius 2 is 2.27 bits per heavy atom. The molecule has 1 heterocycles. The first-order valence-corrected chi connectivity index (χ1v) is 5.49. The second-order valence-electron chi connectivity index (χ2n) is 3.67. The number of pyridine rings is 1. The number of aromatic nitrogens is 1. The Kier molecular flexibility index (Phi) is 4.03. The van der Waals surface area contributed by atoms with Gasteiger partial charge in [0.1, 0.15) is 10.8 Å². The Morgan fingerprint density at radius 1 is 1.60 bits per heavy atom. The van der Waals surface area contributed by atoms with Gasteiger partial charge in [0, 0.05) is 11.7 Å². The molecule has 0 amide bonds. The molecule has 0 radical (unpaired) electrons. The average molecular weight is 223 g/mol. The molecule has 0 aromatic carbocycles. The summed E-state index contributed by atoms with van der Waals surface area (Å²) in [6.45, 7) is 6.17. The minimum absolute atomic E-state index is 0.368. The molecule has 0 saturated heterocycles. The third-order valence-electron chi connectivity index (χ3n) is 2.30. The second-order valence-corrected chi connectivity index (χ2v) is 4.11. The van der Waals surface area contributed by atoms with Crippen LogP contribution in [0, 0.1) is 6.92 Å². The molecule has 15 heavy (non-hydrogen) atoms. The van der Waals surface area contributed by atoms with Gasteiger partial charge in [0.2, 0.25) is 0 Å². The van der Waals surface area contributed by atoms with E-state index in [0.717, 1.165) is 23.5 Å². The Hall–Kier alpha value is -1.16. The number of nitrogens with one attached hydrogen (secondary N) is 1. The summed E-state index contributed by atoms with van der Waals surface area (Å²) in [6.07, 6.45) is 1.03. The van der Waals surface area contributed by atoms with Crippen molar-refractivity contribution in [1.29, 1.82) is 0 Å². The van der Waals surface area contributed by atoms with Crippen molar-refractivity contribution in [3.8, 4) is 0 Å². The summed E-state index contributed by atoms with van der Waals surface area (Å²) in [5.41, 5.74) is 7.41. The van der Waals surface area contributed by atoms with Gasteiger partial charge in [-0.25, -0.2) is 4.98 Å². The molecule has 0 saturated carbocycles. The highest BCUT2D eigenvalue weighted by Gasteiger charge is 2.08. The highest BCUT2D eigenvalue weighted by Crippen LogP contribution is 2.15. The fourth-order valence-corrected chi connectivity index (χ4v) is 1.37. The van der Waals surface area contributed by atoms with Crippen molar-refractivity contribution in [2.24, 2.45) is 5.73 Å². The van der Waals surface area contributed by atoms with Crippen molar-refractivity contribution in [3.05, 3.63) is 23.4 Å². The molecule has 1 atom stereocenters. The van der Waals surface area contributed by atoms with Crippen LogP contribution >= 0.6 is 12.2 Å². The second kappa shape index (κ2) is 5.07. The van der Waals surface area contributed by atoms with Crippen molar-refractivity contribution in [1.82, 2.24) is 4.98 Å². The van der Waals surface area contributed by atoms with Gasteiger partial charge in [-0.2, -0.15) is 0 Å². The molecule has 3 N–H and O–H groups in total. The van der Waals surface area contributed by atoms with Crippen LogP contribution < -0.4 is 11.1 Å². The van der Waals surface area contributed by atoms with Crippen LogP contribution in [0.15, 0.2) is 12.1 Å². The van der Waals surface area contributed by atoms with Gasteiger partial charge in [-0.05, 0) is 32.4 Å². The molecule has 0 aliphatic rings. The van der Waals surface area contributed by atoms with Crippen molar-refractivity contribution < 1.29 is 0 Å². The standard InChI is InChI=1S/C11H17N3S/c1-4-7(2)13-11-9(10(12)15)6-5-8(3)14-11/h5-7H,4H2,1-3H3,(H2,12,15)(H,13,14). The number of hydrogen-bond acceptors (Lipinski definition) is 3. The normalized spacial score (nSPS) is 12.2. The van der Waals surface area contributed by atoms with Crippen LogP contribution in [0.25, 0.3) is 0 Å². The van der Waals surface area contributed by atoms with E-state index in [1.807, 2.05) is 19.1 Å². The minimum atomic E-state index is 0.368. The van der Waals surface area contributed by atoms with Gasteiger partial charge in [0.15, 0.2) is 0 Å². The number of aryl methyl sites for hydroxylation is 1. The van der Waals surface area contributed by atoms with Gasteiger partial charge in [0.05, 0.1) is 5.56 Å². The summed E-state index contributed by atoms with van der Waals surface area (Å²) in [5, 5.41) is 3.30. The Bertz CT molecular complexity index is 363. The van der Waals surface area contributed by atoms with Crippen molar-refractivity contribution in [3.63, 3.8) is 0 Å². The van der Waals surface area contributed by atoms with E-state index >= 15 is 0 Å². The monoisotopic (exact) mass is 223 g/mol. The maximum absolute atomic E-state index is 5.63. The molecular weight excluding hydrogens is 206 g/mol. The topological polar surface area (TPSA) is 50.9 Å². The predicted molar refractivity (Wildman–Crippen MR) is 68.2 cm³/mol. The Labute approximate surface area is 96.1 Å². The third-order valence-corrected chi connectivity index (χ3v) is 2.52. The van der Waals surface area contributed by atoms with E-state index in [9.17, 15) is 0 Å². The smallest absolute Gasteiger partial charge is 0.136 e. The average Bonchev–Trinajstić information content (AvgIpc) is 2.17. The zero-order valence-corrected chi connectivity index (χ0v) is 10.2. The fourth-order valence-electron chi connectivity index (χ4n) is 1.20. The highest BCUT2D eigenvalue weighted by atomic mass is 32.1. The van der Waals surface area contributed by atoms with E-state index in [2.05, 4.69) is 24.1 Å². The summed E-state index contributed by atoms with van der Waals surface area (Å²) < 4.78 is 0. The molecule has 0 aliphatic carbocycles. The van der Waals surface area contributed by atoms with Gasteiger partial charge < -0.3 is 11.1 Å².